The summed E-state index contributed by atoms with van der Waals surface area (Å²) >= 11 is 0. The number of benzene rings is 1. The molecule has 0 aromatic heterocycles. The molecule has 0 saturated heterocycles. The molecule has 4 nitrogen and oxygen atoms in total. The van der Waals surface area contributed by atoms with E-state index in [1.54, 1.807) is 0 Å². The predicted octanol–water partition coefficient (Wildman–Crippen LogP) is 3.01. The van der Waals surface area contributed by atoms with Gasteiger partial charge in [-0.2, -0.15) is 21.6 Å². The molecule has 0 spiro atoms. The molecule has 1 fully saturated rings. The average molecular weight is 308 g/mol. The van der Waals surface area contributed by atoms with Crippen LogP contribution in [-0.2, 0) is 14.3 Å². The van der Waals surface area contributed by atoms with Gasteiger partial charge in [-0.3, -0.25) is 0 Å². The number of phenolic OH excluding ortho intramolecular Hbond substituents is 1. The van der Waals surface area contributed by atoms with Crippen molar-refractivity contribution in [1.29, 1.82) is 0 Å². The minimum Gasteiger partial charge on any atom is -0.507 e. The van der Waals surface area contributed by atoms with Gasteiger partial charge >= 0.3 is 15.6 Å². The van der Waals surface area contributed by atoms with Crippen molar-refractivity contribution < 1.29 is 30.9 Å². The van der Waals surface area contributed by atoms with Crippen LogP contribution >= 0.6 is 0 Å². The lowest BCUT2D eigenvalue weighted by atomic mass is 10.1. The molecule has 1 aromatic rings. The van der Waals surface area contributed by atoms with Crippen molar-refractivity contribution >= 4 is 15.9 Å². The van der Waals surface area contributed by atoms with Crippen LogP contribution in [0.15, 0.2) is 30.3 Å². The lowest BCUT2D eigenvalue weighted by Crippen LogP contribution is -2.25. The van der Waals surface area contributed by atoms with Gasteiger partial charge in [-0.25, -0.2) is 0 Å². The summed E-state index contributed by atoms with van der Waals surface area (Å²) < 4.78 is 63.4. The van der Waals surface area contributed by atoms with Gasteiger partial charge in [0.05, 0.1) is 5.56 Å². The van der Waals surface area contributed by atoms with E-state index in [1.165, 1.54) is 30.3 Å². The number of hydrogen-bond donors (Lipinski definition) is 1. The van der Waals surface area contributed by atoms with E-state index >= 15 is 0 Å². The molecule has 0 radical (unpaired) electrons. The number of aromatic hydroxyl groups is 1. The van der Waals surface area contributed by atoms with Crippen molar-refractivity contribution in [2.24, 2.45) is 5.92 Å². The summed E-state index contributed by atoms with van der Waals surface area (Å²) in [6.45, 7) is 0. The molecule has 8 heteroatoms. The van der Waals surface area contributed by atoms with Crippen molar-refractivity contribution in [3.63, 3.8) is 0 Å². The van der Waals surface area contributed by atoms with Gasteiger partial charge in [0.1, 0.15) is 11.5 Å². The summed E-state index contributed by atoms with van der Waals surface area (Å²) in [6, 6.07) is 5.44. The zero-order valence-corrected chi connectivity index (χ0v) is 10.9. The Bertz CT molecular complexity index is 630. The largest absolute Gasteiger partial charge is 0.534 e. The highest BCUT2D eigenvalue weighted by Gasteiger charge is 2.49. The van der Waals surface area contributed by atoms with E-state index in [2.05, 4.69) is 4.18 Å². The van der Waals surface area contributed by atoms with Crippen molar-refractivity contribution in [1.82, 2.24) is 0 Å². The van der Waals surface area contributed by atoms with Gasteiger partial charge in [-0.1, -0.05) is 12.1 Å². The SMILES string of the molecule is O=S(=O)(O/C(=C\C1CC1)c1ccccc1O)C(F)(F)F. The summed E-state index contributed by atoms with van der Waals surface area (Å²) in [5.41, 5.74) is -5.60. The lowest BCUT2D eigenvalue weighted by molar-refractivity contribution is -0.0509. The molecule has 0 atom stereocenters. The average Bonchev–Trinajstić information content (AvgIpc) is 3.11. The quantitative estimate of drug-likeness (QED) is 0.527. The fraction of sp³-hybridized carbons (Fsp3) is 0.333. The van der Waals surface area contributed by atoms with Crippen LogP contribution in [0.5, 0.6) is 5.75 Å². The summed E-state index contributed by atoms with van der Waals surface area (Å²) in [5.74, 6) is -0.882. The molecule has 1 aliphatic carbocycles. The molecule has 0 heterocycles. The smallest absolute Gasteiger partial charge is 0.507 e. The van der Waals surface area contributed by atoms with Gasteiger partial charge in [0, 0.05) is 0 Å². The topological polar surface area (TPSA) is 63.6 Å². The minimum absolute atomic E-state index is 0.0342. The van der Waals surface area contributed by atoms with Gasteiger partial charge in [0.2, 0.25) is 0 Å². The van der Waals surface area contributed by atoms with E-state index in [4.69, 9.17) is 0 Å². The van der Waals surface area contributed by atoms with Crippen LogP contribution < -0.4 is 0 Å². The Labute approximate surface area is 113 Å². The maximum atomic E-state index is 12.4. The fourth-order valence-corrected chi connectivity index (χ4v) is 1.96. The molecule has 0 unspecified atom stereocenters. The van der Waals surface area contributed by atoms with E-state index in [-0.39, 0.29) is 17.2 Å². The second kappa shape index (κ2) is 5.01. The molecule has 0 amide bonds. The zero-order valence-electron chi connectivity index (χ0n) is 10.1. The molecule has 0 aliphatic heterocycles. The van der Waals surface area contributed by atoms with Crippen molar-refractivity contribution in [3.05, 3.63) is 35.9 Å². The molecule has 0 bridgehead atoms. The van der Waals surface area contributed by atoms with E-state index < -0.39 is 21.4 Å². The predicted molar refractivity (Wildman–Crippen MR) is 64.9 cm³/mol. The molecular formula is C12H11F3O4S. The van der Waals surface area contributed by atoms with E-state index in [0.29, 0.717) is 0 Å². The van der Waals surface area contributed by atoms with Crippen molar-refractivity contribution in [2.45, 2.75) is 18.3 Å². The van der Waals surface area contributed by atoms with Crippen LogP contribution in [-0.4, -0.2) is 19.0 Å². The van der Waals surface area contributed by atoms with Crippen LogP contribution in [0, 0.1) is 5.92 Å². The number of hydrogen-bond acceptors (Lipinski definition) is 4. The maximum absolute atomic E-state index is 12.4. The molecule has 2 rings (SSSR count). The highest BCUT2D eigenvalue weighted by molar-refractivity contribution is 7.87. The Hall–Kier alpha value is -1.70. The second-order valence-corrected chi connectivity index (χ2v) is 5.91. The number of alkyl halides is 3. The van der Waals surface area contributed by atoms with Gasteiger partial charge in [-0.15, -0.1) is 0 Å². The Morgan fingerprint density at radius 2 is 1.90 bits per heavy atom. The van der Waals surface area contributed by atoms with Crippen molar-refractivity contribution in [2.75, 3.05) is 0 Å². The Morgan fingerprint density at radius 1 is 1.30 bits per heavy atom. The number of phenols is 1. The molecular weight excluding hydrogens is 297 g/mol. The molecule has 110 valence electrons. The van der Waals surface area contributed by atoms with Crippen LogP contribution in [0.4, 0.5) is 13.2 Å². The summed E-state index contributed by atoms with van der Waals surface area (Å²) in [4.78, 5) is 0. The maximum Gasteiger partial charge on any atom is 0.534 e. The molecule has 1 aromatic carbocycles. The summed E-state index contributed by atoms with van der Waals surface area (Å²) in [7, 11) is -5.76. The van der Waals surface area contributed by atoms with E-state index in [9.17, 15) is 26.7 Å². The van der Waals surface area contributed by atoms with E-state index in [1.807, 2.05) is 0 Å². The van der Waals surface area contributed by atoms with Gasteiger partial charge in [-0.05, 0) is 37.0 Å². The third-order valence-corrected chi connectivity index (χ3v) is 3.63. The third kappa shape index (κ3) is 3.24. The molecule has 1 saturated carbocycles. The van der Waals surface area contributed by atoms with Crippen LogP contribution in [0.1, 0.15) is 18.4 Å². The van der Waals surface area contributed by atoms with Crippen LogP contribution in [0.2, 0.25) is 0 Å². The monoisotopic (exact) mass is 308 g/mol. The number of halogens is 3. The highest BCUT2D eigenvalue weighted by Crippen LogP contribution is 2.38. The second-order valence-electron chi connectivity index (χ2n) is 4.37. The number of rotatable bonds is 4. The summed E-state index contributed by atoms with van der Waals surface area (Å²) in [6.07, 6.45) is 2.78. The molecule has 20 heavy (non-hydrogen) atoms. The number of para-hydroxylation sites is 1. The normalized spacial score (nSPS) is 17.1. The number of allylic oxidation sites excluding steroid dienone is 1. The first-order valence-electron chi connectivity index (χ1n) is 5.71. The van der Waals surface area contributed by atoms with Crippen LogP contribution in [0.25, 0.3) is 5.76 Å². The molecule has 1 N–H and O–H groups in total. The van der Waals surface area contributed by atoms with Gasteiger partial charge in [0.15, 0.2) is 0 Å². The first kappa shape index (κ1) is 14.7. The fourth-order valence-electron chi connectivity index (χ4n) is 1.49. The standard InChI is InChI=1S/C12H11F3O4S/c13-12(14,15)20(17,18)19-11(7-8-5-6-8)9-3-1-2-4-10(9)16/h1-4,7-8,16H,5-6H2/b11-7-. The van der Waals surface area contributed by atoms with Gasteiger partial charge < -0.3 is 9.29 Å². The third-order valence-electron chi connectivity index (χ3n) is 2.66. The minimum atomic E-state index is -5.76. The van der Waals surface area contributed by atoms with Crippen molar-refractivity contribution in [3.8, 4) is 5.75 Å². The highest BCUT2D eigenvalue weighted by atomic mass is 32.2. The van der Waals surface area contributed by atoms with Gasteiger partial charge in [0.25, 0.3) is 0 Å². The Balaban J connectivity index is 2.38. The Morgan fingerprint density at radius 3 is 2.40 bits per heavy atom. The Kier molecular flexibility index (Phi) is 3.68. The first-order chi connectivity index (χ1) is 9.21. The van der Waals surface area contributed by atoms with Crippen LogP contribution in [0.3, 0.4) is 0 Å². The zero-order chi connectivity index (χ0) is 15.0. The molecule has 1 aliphatic rings. The summed E-state index contributed by atoms with van der Waals surface area (Å²) in [5, 5.41) is 9.62. The van der Waals surface area contributed by atoms with E-state index in [0.717, 1.165) is 12.8 Å². The first-order valence-corrected chi connectivity index (χ1v) is 7.12. The lowest BCUT2D eigenvalue weighted by Gasteiger charge is -2.13.